The molecule has 2 aromatic rings. The number of rotatable bonds is 4. The van der Waals surface area contributed by atoms with Gasteiger partial charge in [-0.05, 0) is 48.5 Å². The largest absolute Gasteiger partial charge is 0.326 e. The van der Waals surface area contributed by atoms with Crippen LogP contribution in [0, 0.1) is 5.92 Å². The van der Waals surface area contributed by atoms with Crippen molar-refractivity contribution >= 4 is 49.1 Å². The van der Waals surface area contributed by atoms with E-state index in [4.69, 9.17) is 5.14 Å². The van der Waals surface area contributed by atoms with Gasteiger partial charge < -0.3 is 10.2 Å². The first-order valence-corrected chi connectivity index (χ1v) is 10.1. The number of anilines is 2. The Labute approximate surface area is 159 Å². The molecule has 0 saturated carbocycles. The monoisotopic (exact) mass is 437 g/mol. The van der Waals surface area contributed by atoms with E-state index in [1.54, 1.807) is 4.90 Å². The first-order chi connectivity index (χ1) is 12.2. The lowest BCUT2D eigenvalue weighted by atomic mass is 10.1. The predicted molar refractivity (Wildman–Crippen MR) is 101 cm³/mol. The van der Waals surface area contributed by atoms with Gasteiger partial charge in [-0.2, -0.15) is 0 Å². The first kappa shape index (κ1) is 18.6. The van der Waals surface area contributed by atoms with Crippen LogP contribution >= 0.6 is 15.9 Å². The van der Waals surface area contributed by atoms with Crippen molar-refractivity contribution in [3.8, 4) is 0 Å². The Balaban J connectivity index is 1.67. The number of primary sulfonamides is 1. The molecular formula is C17H16BrN3O4S. The topological polar surface area (TPSA) is 110 Å². The van der Waals surface area contributed by atoms with Crippen LogP contribution in [0.25, 0.3) is 0 Å². The fourth-order valence-electron chi connectivity index (χ4n) is 2.73. The Bertz CT molecular complexity index is 943. The van der Waals surface area contributed by atoms with Gasteiger partial charge >= 0.3 is 0 Å². The van der Waals surface area contributed by atoms with E-state index in [-0.39, 0.29) is 23.1 Å². The van der Waals surface area contributed by atoms with Gasteiger partial charge in [0.25, 0.3) is 0 Å². The molecule has 1 heterocycles. The zero-order valence-electron chi connectivity index (χ0n) is 13.6. The number of nitrogens with two attached hydrogens (primary N) is 1. The number of nitrogens with zero attached hydrogens (tertiary/aromatic N) is 1. The third kappa shape index (κ3) is 4.12. The summed E-state index contributed by atoms with van der Waals surface area (Å²) in [6, 6.07) is 12.9. The van der Waals surface area contributed by atoms with Crippen molar-refractivity contribution in [1.82, 2.24) is 0 Å². The van der Waals surface area contributed by atoms with Crippen LogP contribution in [-0.2, 0) is 19.6 Å². The molecule has 0 aromatic heterocycles. The van der Waals surface area contributed by atoms with Crippen LogP contribution in [0.15, 0.2) is 57.9 Å². The van der Waals surface area contributed by atoms with Crippen molar-refractivity contribution in [2.24, 2.45) is 11.1 Å². The number of amides is 2. The van der Waals surface area contributed by atoms with E-state index in [2.05, 4.69) is 21.2 Å². The average molecular weight is 438 g/mol. The highest BCUT2D eigenvalue weighted by molar-refractivity contribution is 9.10. The molecule has 1 aliphatic rings. The molecule has 9 heteroatoms. The summed E-state index contributed by atoms with van der Waals surface area (Å²) in [6.45, 7) is 0.293. The molecule has 2 aromatic carbocycles. The summed E-state index contributed by atoms with van der Waals surface area (Å²) in [4.78, 5) is 26.2. The van der Waals surface area contributed by atoms with Crippen molar-refractivity contribution < 1.29 is 18.0 Å². The highest BCUT2D eigenvalue weighted by atomic mass is 79.9. The van der Waals surface area contributed by atoms with E-state index in [0.717, 1.165) is 10.2 Å². The van der Waals surface area contributed by atoms with E-state index < -0.39 is 15.9 Å². The van der Waals surface area contributed by atoms with Crippen LogP contribution in [0.5, 0.6) is 0 Å². The summed E-state index contributed by atoms with van der Waals surface area (Å²) in [5.74, 6) is -0.887. The van der Waals surface area contributed by atoms with Crippen LogP contribution in [0.1, 0.15) is 6.42 Å². The number of hydrogen-bond acceptors (Lipinski definition) is 4. The van der Waals surface area contributed by atoms with Crippen LogP contribution in [-0.4, -0.2) is 26.8 Å². The Kier molecular flexibility index (Phi) is 5.12. The molecule has 1 atom stereocenters. The van der Waals surface area contributed by atoms with E-state index in [1.807, 2.05) is 24.3 Å². The van der Waals surface area contributed by atoms with Gasteiger partial charge in [-0.15, -0.1) is 0 Å². The summed E-state index contributed by atoms with van der Waals surface area (Å²) in [5.41, 5.74) is 1.18. The Hall–Kier alpha value is -2.23. The van der Waals surface area contributed by atoms with Gasteiger partial charge in [-0.3, -0.25) is 9.59 Å². The van der Waals surface area contributed by atoms with Gasteiger partial charge in [0.15, 0.2) is 0 Å². The van der Waals surface area contributed by atoms with Gasteiger partial charge in [0.05, 0.1) is 10.8 Å². The molecule has 0 spiro atoms. The highest BCUT2D eigenvalue weighted by Gasteiger charge is 2.35. The summed E-state index contributed by atoms with van der Waals surface area (Å²) >= 11 is 3.35. The minimum Gasteiger partial charge on any atom is -0.326 e. The number of benzene rings is 2. The minimum absolute atomic E-state index is 0.0343. The maximum atomic E-state index is 12.4. The van der Waals surface area contributed by atoms with Gasteiger partial charge in [0.1, 0.15) is 0 Å². The zero-order chi connectivity index (χ0) is 18.9. The molecule has 0 bridgehead atoms. The molecule has 7 nitrogen and oxygen atoms in total. The van der Waals surface area contributed by atoms with Gasteiger partial charge in [0, 0.05) is 28.8 Å². The summed E-state index contributed by atoms with van der Waals surface area (Å²) < 4.78 is 23.4. The van der Waals surface area contributed by atoms with Crippen molar-refractivity contribution in [2.75, 3.05) is 16.8 Å². The van der Waals surface area contributed by atoms with Gasteiger partial charge in [-0.25, -0.2) is 13.6 Å². The third-order valence-electron chi connectivity index (χ3n) is 4.08. The molecule has 26 heavy (non-hydrogen) atoms. The molecular weight excluding hydrogens is 422 g/mol. The second-order valence-corrected chi connectivity index (χ2v) is 8.42. The van der Waals surface area contributed by atoms with E-state index >= 15 is 0 Å². The van der Waals surface area contributed by atoms with Crippen LogP contribution in [0.3, 0.4) is 0 Å². The molecule has 3 N–H and O–H groups in total. The second-order valence-electron chi connectivity index (χ2n) is 5.94. The fourth-order valence-corrected chi connectivity index (χ4v) is 3.51. The number of nitrogens with one attached hydrogen (secondary N) is 1. The van der Waals surface area contributed by atoms with Crippen LogP contribution in [0.4, 0.5) is 11.4 Å². The third-order valence-corrected chi connectivity index (χ3v) is 5.54. The number of halogens is 1. The van der Waals surface area contributed by atoms with E-state index in [0.29, 0.717) is 12.2 Å². The molecule has 1 fully saturated rings. The Morgan fingerprint density at radius 2 is 1.73 bits per heavy atom. The van der Waals surface area contributed by atoms with Gasteiger partial charge in [-0.1, -0.05) is 15.9 Å². The maximum Gasteiger partial charge on any atom is 0.238 e. The summed E-state index contributed by atoms with van der Waals surface area (Å²) in [5, 5.41) is 7.74. The molecule has 1 aliphatic heterocycles. The van der Waals surface area contributed by atoms with Crippen LogP contribution in [0.2, 0.25) is 0 Å². The normalized spacial score (nSPS) is 17.4. The molecule has 1 saturated heterocycles. The second kappa shape index (κ2) is 7.18. The minimum atomic E-state index is -3.78. The smallest absolute Gasteiger partial charge is 0.238 e. The molecule has 0 aliphatic carbocycles. The fraction of sp³-hybridized carbons (Fsp3) is 0.176. The molecule has 2 amide bonds. The lowest BCUT2D eigenvalue weighted by Gasteiger charge is -2.16. The molecule has 3 rings (SSSR count). The molecule has 1 unspecified atom stereocenters. The molecule has 136 valence electrons. The number of carbonyl (C=O) groups excluding carboxylic acids is 2. The first-order valence-electron chi connectivity index (χ1n) is 7.74. The number of hydrogen-bond donors (Lipinski definition) is 2. The zero-order valence-corrected chi connectivity index (χ0v) is 16.0. The summed E-state index contributed by atoms with van der Waals surface area (Å²) in [6.07, 6.45) is 0.122. The van der Waals surface area contributed by atoms with Crippen molar-refractivity contribution in [2.45, 2.75) is 11.3 Å². The lowest BCUT2D eigenvalue weighted by molar-refractivity contribution is -0.122. The van der Waals surface area contributed by atoms with Crippen molar-refractivity contribution in [1.29, 1.82) is 0 Å². The average Bonchev–Trinajstić information content (AvgIpc) is 2.97. The predicted octanol–water partition coefficient (Wildman–Crippen LogP) is 2.09. The van der Waals surface area contributed by atoms with E-state index in [1.165, 1.54) is 24.3 Å². The van der Waals surface area contributed by atoms with Crippen LogP contribution < -0.4 is 15.4 Å². The standard InChI is InChI=1S/C17H16BrN3O4S/c18-12-1-5-14(6-2-12)21-10-11(9-16(21)22)17(23)20-13-3-7-15(8-4-13)26(19,24)25/h1-8,11H,9-10H2,(H,20,23)(H2,19,24,25). The van der Waals surface area contributed by atoms with Crippen molar-refractivity contribution in [3.63, 3.8) is 0 Å². The van der Waals surface area contributed by atoms with Crippen molar-refractivity contribution in [3.05, 3.63) is 53.0 Å². The quantitative estimate of drug-likeness (QED) is 0.762. The lowest BCUT2D eigenvalue weighted by Crippen LogP contribution is -2.28. The Morgan fingerprint density at radius 3 is 2.31 bits per heavy atom. The number of sulfonamides is 1. The number of carbonyl (C=O) groups is 2. The highest BCUT2D eigenvalue weighted by Crippen LogP contribution is 2.27. The Morgan fingerprint density at radius 1 is 1.12 bits per heavy atom. The molecule has 0 radical (unpaired) electrons. The maximum absolute atomic E-state index is 12.4. The SMILES string of the molecule is NS(=O)(=O)c1ccc(NC(=O)C2CC(=O)N(c3ccc(Br)cc3)C2)cc1. The van der Waals surface area contributed by atoms with Gasteiger partial charge in [0.2, 0.25) is 21.8 Å². The van der Waals surface area contributed by atoms with E-state index in [9.17, 15) is 18.0 Å². The summed E-state index contributed by atoms with van der Waals surface area (Å²) in [7, 11) is -3.78.